The smallest absolute Gasteiger partial charge is 0.242 e. The Hall–Kier alpha value is -1.54. The Bertz CT molecular complexity index is 431. The van der Waals surface area contributed by atoms with Crippen molar-refractivity contribution in [3.63, 3.8) is 0 Å². The number of carbonyl (C=O) groups excluding carboxylic acids is 1. The third kappa shape index (κ3) is 3.13. The number of rotatable bonds is 4. The van der Waals surface area contributed by atoms with Crippen LogP contribution in [0, 0.1) is 0 Å². The van der Waals surface area contributed by atoms with E-state index in [4.69, 9.17) is 4.74 Å². The number of hydrogen-bond acceptors (Lipinski definition) is 6. The van der Waals surface area contributed by atoms with Crippen molar-refractivity contribution in [2.45, 2.75) is 37.9 Å². The number of ether oxygens (including phenoxy) is 1. The molecule has 1 aromatic rings. The third-order valence-corrected chi connectivity index (χ3v) is 3.95. The second-order valence-corrected chi connectivity index (χ2v) is 5.38. The molecule has 110 valence electrons. The molecule has 1 aromatic heterocycles. The van der Waals surface area contributed by atoms with Crippen LogP contribution in [0.4, 0.5) is 0 Å². The van der Waals surface area contributed by atoms with Gasteiger partial charge in [0.25, 0.3) is 0 Å². The average Bonchev–Trinajstić information content (AvgIpc) is 3.11. The van der Waals surface area contributed by atoms with E-state index in [1.807, 2.05) is 0 Å². The van der Waals surface area contributed by atoms with Crippen LogP contribution in [-0.2, 0) is 16.1 Å². The van der Waals surface area contributed by atoms with Crippen LogP contribution in [0.25, 0.3) is 0 Å². The lowest BCUT2D eigenvalue weighted by atomic mass is 10.0. The number of nitrogens with zero attached hydrogens (tertiary/aromatic N) is 5. The highest BCUT2D eigenvalue weighted by molar-refractivity contribution is 5.76. The Morgan fingerprint density at radius 1 is 1.30 bits per heavy atom. The van der Waals surface area contributed by atoms with Gasteiger partial charge in [0.2, 0.25) is 5.91 Å². The predicted octanol–water partition coefficient (Wildman–Crippen LogP) is -0.957. The van der Waals surface area contributed by atoms with Gasteiger partial charge in [0.05, 0.1) is 25.3 Å². The Balaban J connectivity index is 1.54. The molecule has 0 aromatic carbocycles. The molecule has 8 nitrogen and oxygen atoms in total. The van der Waals surface area contributed by atoms with Crippen molar-refractivity contribution < 1.29 is 9.53 Å². The van der Waals surface area contributed by atoms with Gasteiger partial charge in [0.15, 0.2) is 0 Å². The summed E-state index contributed by atoms with van der Waals surface area (Å²) in [5, 5.41) is 13.8. The SMILES string of the molecule is O=C(Cn1cnnn1)N[C@@H]1COC[C@H]1N1CCCCC1. The average molecular weight is 280 g/mol. The van der Waals surface area contributed by atoms with Crippen LogP contribution < -0.4 is 5.32 Å². The Kier molecular flexibility index (Phi) is 4.22. The van der Waals surface area contributed by atoms with E-state index in [0.717, 1.165) is 13.1 Å². The predicted molar refractivity (Wildman–Crippen MR) is 69.8 cm³/mol. The summed E-state index contributed by atoms with van der Waals surface area (Å²) in [7, 11) is 0. The molecule has 2 fully saturated rings. The zero-order chi connectivity index (χ0) is 13.8. The van der Waals surface area contributed by atoms with E-state index in [9.17, 15) is 4.79 Å². The lowest BCUT2D eigenvalue weighted by Crippen LogP contribution is -2.53. The standard InChI is InChI=1S/C12H20N6O2/c19-12(6-18-9-13-15-16-18)14-10-7-20-8-11(10)17-4-2-1-3-5-17/h9-11H,1-8H2,(H,14,19)/t10-,11-/m1/s1. The molecular weight excluding hydrogens is 260 g/mol. The van der Waals surface area contributed by atoms with Crippen molar-refractivity contribution in [1.29, 1.82) is 0 Å². The number of hydrogen-bond donors (Lipinski definition) is 1. The van der Waals surface area contributed by atoms with Crippen LogP contribution in [0.3, 0.4) is 0 Å². The minimum atomic E-state index is -0.0743. The number of nitrogens with one attached hydrogen (secondary N) is 1. The van der Waals surface area contributed by atoms with E-state index >= 15 is 0 Å². The first kappa shape index (κ1) is 13.4. The first-order valence-electron chi connectivity index (χ1n) is 7.15. The number of likely N-dealkylation sites (tertiary alicyclic amines) is 1. The van der Waals surface area contributed by atoms with Crippen LogP contribution in [0.2, 0.25) is 0 Å². The molecule has 2 atom stereocenters. The van der Waals surface area contributed by atoms with Crippen LogP contribution in [-0.4, -0.2) is 69.4 Å². The summed E-state index contributed by atoms with van der Waals surface area (Å²) in [6.45, 7) is 3.65. The van der Waals surface area contributed by atoms with Crippen molar-refractivity contribution in [2.24, 2.45) is 0 Å². The maximum absolute atomic E-state index is 12.0. The summed E-state index contributed by atoms with van der Waals surface area (Å²) in [6.07, 6.45) is 5.22. The zero-order valence-electron chi connectivity index (χ0n) is 11.4. The van der Waals surface area contributed by atoms with Crippen LogP contribution >= 0.6 is 0 Å². The van der Waals surface area contributed by atoms with E-state index in [1.165, 1.54) is 30.3 Å². The summed E-state index contributed by atoms with van der Waals surface area (Å²) in [4.78, 5) is 14.4. The number of amides is 1. The fourth-order valence-electron chi connectivity index (χ4n) is 2.94. The first-order chi connectivity index (χ1) is 9.83. The summed E-state index contributed by atoms with van der Waals surface area (Å²) >= 11 is 0. The Labute approximate surface area is 117 Å². The van der Waals surface area contributed by atoms with Gasteiger partial charge in [0.1, 0.15) is 12.9 Å². The lowest BCUT2D eigenvalue weighted by molar-refractivity contribution is -0.122. The molecule has 0 saturated carbocycles. The summed E-state index contributed by atoms with van der Waals surface area (Å²) in [5.41, 5.74) is 0. The topological polar surface area (TPSA) is 85.2 Å². The molecular formula is C12H20N6O2. The van der Waals surface area contributed by atoms with Gasteiger partial charge in [0, 0.05) is 0 Å². The number of carbonyl (C=O) groups is 1. The zero-order valence-corrected chi connectivity index (χ0v) is 11.4. The van der Waals surface area contributed by atoms with Crippen molar-refractivity contribution in [1.82, 2.24) is 30.4 Å². The molecule has 3 rings (SSSR count). The Morgan fingerprint density at radius 2 is 2.15 bits per heavy atom. The van der Waals surface area contributed by atoms with Gasteiger partial charge in [-0.1, -0.05) is 6.42 Å². The number of piperidine rings is 1. The van der Waals surface area contributed by atoms with E-state index < -0.39 is 0 Å². The van der Waals surface area contributed by atoms with Gasteiger partial charge in [-0.3, -0.25) is 9.69 Å². The minimum Gasteiger partial charge on any atom is -0.378 e. The largest absolute Gasteiger partial charge is 0.378 e. The highest BCUT2D eigenvalue weighted by Gasteiger charge is 2.34. The highest BCUT2D eigenvalue weighted by atomic mass is 16.5. The van der Waals surface area contributed by atoms with E-state index in [-0.39, 0.29) is 18.5 Å². The van der Waals surface area contributed by atoms with Crippen molar-refractivity contribution >= 4 is 5.91 Å². The van der Waals surface area contributed by atoms with Crippen LogP contribution in [0.15, 0.2) is 6.33 Å². The van der Waals surface area contributed by atoms with Gasteiger partial charge in [-0.2, -0.15) is 0 Å². The van der Waals surface area contributed by atoms with E-state index in [2.05, 4.69) is 25.7 Å². The van der Waals surface area contributed by atoms with Gasteiger partial charge in [-0.25, -0.2) is 4.68 Å². The molecule has 1 amide bonds. The maximum atomic E-state index is 12.0. The van der Waals surface area contributed by atoms with Crippen LogP contribution in [0.1, 0.15) is 19.3 Å². The van der Waals surface area contributed by atoms with Crippen LogP contribution in [0.5, 0.6) is 0 Å². The van der Waals surface area contributed by atoms with E-state index in [1.54, 1.807) is 0 Å². The molecule has 8 heteroatoms. The molecule has 0 spiro atoms. The monoisotopic (exact) mass is 280 g/mol. The molecule has 0 bridgehead atoms. The fourth-order valence-corrected chi connectivity index (χ4v) is 2.94. The fraction of sp³-hybridized carbons (Fsp3) is 0.833. The highest BCUT2D eigenvalue weighted by Crippen LogP contribution is 2.18. The van der Waals surface area contributed by atoms with Crippen molar-refractivity contribution in [3.05, 3.63) is 6.33 Å². The number of aromatic nitrogens is 4. The van der Waals surface area contributed by atoms with Gasteiger partial charge >= 0.3 is 0 Å². The summed E-state index contributed by atoms with van der Waals surface area (Å²) in [5.74, 6) is -0.0743. The second-order valence-electron chi connectivity index (χ2n) is 5.38. The summed E-state index contributed by atoms with van der Waals surface area (Å²) in [6, 6.07) is 0.366. The van der Waals surface area contributed by atoms with Gasteiger partial charge in [-0.15, -0.1) is 5.10 Å². The molecule has 1 N–H and O–H groups in total. The normalized spacial score (nSPS) is 27.6. The maximum Gasteiger partial charge on any atom is 0.242 e. The minimum absolute atomic E-state index is 0.0667. The van der Waals surface area contributed by atoms with Gasteiger partial charge in [-0.05, 0) is 36.4 Å². The van der Waals surface area contributed by atoms with E-state index in [0.29, 0.717) is 19.3 Å². The molecule has 0 aliphatic carbocycles. The van der Waals surface area contributed by atoms with Crippen molar-refractivity contribution in [3.8, 4) is 0 Å². The molecule has 0 radical (unpaired) electrons. The molecule has 20 heavy (non-hydrogen) atoms. The molecule has 2 aliphatic heterocycles. The second kappa shape index (κ2) is 6.27. The summed E-state index contributed by atoms with van der Waals surface area (Å²) < 4.78 is 6.97. The Morgan fingerprint density at radius 3 is 2.90 bits per heavy atom. The molecule has 3 heterocycles. The molecule has 2 saturated heterocycles. The first-order valence-corrected chi connectivity index (χ1v) is 7.15. The van der Waals surface area contributed by atoms with Crippen molar-refractivity contribution in [2.75, 3.05) is 26.3 Å². The quantitative estimate of drug-likeness (QED) is 0.765. The number of tetrazole rings is 1. The molecule has 2 aliphatic rings. The lowest BCUT2D eigenvalue weighted by Gasteiger charge is -2.34. The third-order valence-electron chi connectivity index (χ3n) is 3.95. The molecule has 0 unspecified atom stereocenters. The van der Waals surface area contributed by atoms with Gasteiger partial charge < -0.3 is 10.1 Å².